The number of carbonyl (C=O) groups excluding carboxylic acids is 2. The van der Waals surface area contributed by atoms with Crippen LogP contribution in [0.5, 0.6) is 5.88 Å². The largest absolute Gasteiger partial charge is 0.468 e. The number of anilines is 1. The second-order valence-electron chi connectivity index (χ2n) is 4.31. The predicted octanol–water partition coefficient (Wildman–Crippen LogP) is 1.53. The van der Waals surface area contributed by atoms with E-state index in [2.05, 4.69) is 20.0 Å². The number of nitrogens with two attached hydrogens (primary N) is 1. The molecule has 1 unspecified atom stereocenters. The first-order valence-corrected chi connectivity index (χ1v) is 7.15. The van der Waals surface area contributed by atoms with Crippen LogP contribution in [0, 0.1) is 0 Å². The van der Waals surface area contributed by atoms with E-state index >= 15 is 0 Å². The van der Waals surface area contributed by atoms with Crippen LogP contribution in [0.1, 0.15) is 28.9 Å². The third-order valence-corrected chi connectivity index (χ3v) is 3.55. The van der Waals surface area contributed by atoms with Crippen molar-refractivity contribution >= 4 is 28.5 Å². The number of ether oxygens (including phenoxy) is 1. The Balaban J connectivity index is 2.24. The van der Waals surface area contributed by atoms with E-state index in [4.69, 9.17) is 10.5 Å². The zero-order valence-corrected chi connectivity index (χ0v) is 12.8. The predicted molar refractivity (Wildman–Crippen MR) is 82.0 cm³/mol. The molecule has 1 atom stereocenters. The van der Waals surface area contributed by atoms with Gasteiger partial charge in [-0.3, -0.25) is 15.1 Å². The van der Waals surface area contributed by atoms with Crippen LogP contribution in [-0.4, -0.2) is 28.3 Å². The van der Waals surface area contributed by atoms with Crippen molar-refractivity contribution in [1.29, 1.82) is 0 Å². The topological polar surface area (TPSA) is 119 Å². The molecule has 4 N–H and O–H groups in total. The van der Waals surface area contributed by atoms with Gasteiger partial charge in [-0.25, -0.2) is 4.79 Å². The number of amides is 3. The summed E-state index contributed by atoms with van der Waals surface area (Å²) in [6.07, 6.45) is 2.94. The van der Waals surface area contributed by atoms with E-state index in [0.29, 0.717) is 0 Å². The number of nitrogens with zero attached hydrogens (tertiary/aromatic N) is 2. The minimum Gasteiger partial charge on any atom is -0.468 e. The lowest BCUT2D eigenvalue weighted by Crippen LogP contribution is -2.25. The summed E-state index contributed by atoms with van der Waals surface area (Å²) in [6, 6.07) is 3.15. The van der Waals surface area contributed by atoms with Crippen molar-refractivity contribution in [3.05, 3.63) is 35.7 Å². The average Bonchev–Trinajstić information content (AvgIpc) is 2.90. The number of primary amides is 1. The molecule has 2 aromatic heterocycles. The lowest BCUT2D eigenvalue weighted by atomic mass is 10.2. The Morgan fingerprint density at radius 1 is 1.45 bits per heavy atom. The molecule has 22 heavy (non-hydrogen) atoms. The van der Waals surface area contributed by atoms with Crippen LogP contribution in [0.15, 0.2) is 24.5 Å². The Kier molecular flexibility index (Phi) is 4.89. The van der Waals surface area contributed by atoms with Crippen LogP contribution >= 0.6 is 11.5 Å². The minimum absolute atomic E-state index is 0.0457. The quantitative estimate of drug-likeness (QED) is 0.771. The van der Waals surface area contributed by atoms with E-state index in [0.717, 1.165) is 17.1 Å². The molecule has 0 saturated heterocycles. The fourth-order valence-corrected chi connectivity index (χ4v) is 2.40. The Morgan fingerprint density at radius 3 is 2.82 bits per heavy atom. The lowest BCUT2D eigenvalue weighted by molar-refractivity contribution is 0.0994. The zero-order valence-electron chi connectivity index (χ0n) is 12.0. The monoisotopic (exact) mass is 321 g/mol. The molecule has 0 spiro atoms. The number of aromatic nitrogens is 2. The van der Waals surface area contributed by atoms with Crippen molar-refractivity contribution in [3.8, 4) is 5.88 Å². The number of rotatable bonds is 5. The summed E-state index contributed by atoms with van der Waals surface area (Å²) in [5.41, 5.74) is 6.23. The van der Waals surface area contributed by atoms with Crippen LogP contribution in [0.3, 0.4) is 0 Å². The summed E-state index contributed by atoms with van der Waals surface area (Å²) in [5.74, 6) is -0.645. The normalized spacial score (nSPS) is 11.5. The van der Waals surface area contributed by atoms with Gasteiger partial charge in [0.25, 0.3) is 5.91 Å². The van der Waals surface area contributed by atoms with Crippen LogP contribution < -0.4 is 21.1 Å². The van der Waals surface area contributed by atoms with Gasteiger partial charge in [-0.05, 0) is 24.5 Å². The average molecular weight is 321 g/mol. The molecule has 9 heteroatoms. The maximum Gasteiger partial charge on any atom is 0.319 e. The minimum atomic E-state index is -0.728. The Hall–Kier alpha value is -2.68. The molecule has 2 heterocycles. The number of urea groups is 1. The highest BCUT2D eigenvalue weighted by Gasteiger charge is 2.23. The first-order valence-electron chi connectivity index (χ1n) is 6.37. The van der Waals surface area contributed by atoms with Gasteiger partial charge in [0.1, 0.15) is 16.7 Å². The SMILES string of the molecule is CNC(=O)Nc1snc(OC(C)c2cccnc2)c1C(N)=O. The van der Waals surface area contributed by atoms with Crippen molar-refractivity contribution in [2.45, 2.75) is 13.0 Å². The number of hydrogen-bond donors (Lipinski definition) is 3. The highest BCUT2D eigenvalue weighted by atomic mass is 32.1. The van der Waals surface area contributed by atoms with E-state index in [1.807, 2.05) is 6.07 Å². The Bertz CT molecular complexity index is 674. The fraction of sp³-hybridized carbons (Fsp3) is 0.231. The van der Waals surface area contributed by atoms with E-state index in [1.165, 1.54) is 7.05 Å². The molecule has 0 aromatic carbocycles. The van der Waals surface area contributed by atoms with Crippen molar-refractivity contribution < 1.29 is 14.3 Å². The Labute approximate surface area is 130 Å². The van der Waals surface area contributed by atoms with Gasteiger partial charge in [0.2, 0.25) is 5.88 Å². The summed E-state index contributed by atoms with van der Waals surface area (Å²) in [4.78, 5) is 27.0. The second-order valence-corrected chi connectivity index (χ2v) is 5.08. The zero-order chi connectivity index (χ0) is 16.1. The number of carbonyl (C=O) groups is 2. The summed E-state index contributed by atoms with van der Waals surface area (Å²) < 4.78 is 9.72. The molecular formula is C13H15N5O3S. The second kappa shape index (κ2) is 6.85. The molecule has 0 aliphatic heterocycles. The van der Waals surface area contributed by atoms with Gasteiger partial charge < -0.3 is 15.8 Å². The molecule has 2 aromatic rings. The highest BCUT2D eigenvalue weighted by molar-refractivity contribution is 7.11. The van der Waals surface area contributed by atoms with Gasteiger partial charge in [0.05, 0.1) is 0 Å². The molecule has 0 saturated carbocycles. The van der Waals surface area contributed by atoms with Crippen molar-refractivity contribution in [3.63, 3.8) is 0 Å². The molecule has 0 aliphatic rings. The molecule has 0 aliphatic carbocycles. The van der Waals surface area contributed by atoms with E-state index in [1.54, 1.807) is 25.4 Å². The van der Waals surface area contributed by atoms with Gasteiger partial charge in [-0.2, -0.15) is 4.37 Å². The summed E-state index contributed by atoms with van der Waals surface area (Å²) in [7, 11) is 1.46. The molecule has 8 nitrogen and oxygen atoms in total. The first-order chi connectivity index (χ1) is 10.5. The van der Waals surface area contributed by atoms with Gasteiger partial charge in [-0.15, -0.1) is 0 Å². The molecule has 0 bridgehead atoms. The van der Waals surface area contributed by atoms with Crippen molar-refractivity contribution in [2.75, 3.05) is 12.4 Å². The van der Waals surface area contributed by atoms with Crippen LogP contribution in [-0.2, 0) is 0 Å². The maximum atomic E-state index is 11.6. The highest BCUT2D eigenvalue weighted by Crippen LogP contribution is 2.32. The number of nitrogens with one attached hydrogen (secondary N) is 2. The van der Waals surface area contributed by atoms with Gasteiger partial charge in [0.15, 0.2) is 0 Å². The van der Waals surface area contributed by atoms with Crippen molar-refractivity contribution in [1.82, 2.24) is 14.7 Å². The molecular weight excluding hydrogens is 306 g/mol. The third-order valence-electron chi connectivity index (χ3n) is 2.80. The smallest absolute Gasteiger partial charge is 0.319 e. The van der Waals surface area contributed by atoms with E-state index < -0.39 is 11.9 Å². The summed E-state index contributed by atoms with van der Waals surface area (Å²) >= 11 is 0.922. The van der Waals surface area contributed by atoms with Gasteiger partial charge >= 0.3 is 6.03 Å². The summed E-state index contributed by atoms with van der Waals surface area (Å²) in [6.45, 7) is 1.80. The summed E-state index contributed by atoms with van der Waals surface area (Å²) in [5, 5.41) is 5.11. The third kappa shape index (κ3) is 3.50. The molecule has 2 rings (SSSR count). The molecule has 116 valence electrons. The number of pyridine rings is 1. The van der Waals surface area contributed by atoms with E-state index in [-0.39, 0.29) is 22.5 Å². The Morgan fingerprint density at radius 2 is 2.23 bits per heavy atom. The molecule has 0 fully saturated rings. The van der Waals surface area contributed by atoms with E-state index in [9.17, 15) is 9.59 Å². The van der Waals surface area contributed by atoms with Crippen LogP contribution in [0.25, 0.3) is 0 Å². The first kappa shape index (κ1) is 15.7. The van der Waals surface area contributed by atoms with Gasteiger partial charge in [0, 0.05) is 25.0 Å². The van der Waals surface area contributed by atoms with Crippen LogP contribution in [0.4, 0.5) is 9.80 Å². The lowest BCUT2D eigenvalue weighted by Gasteiger charge is -2.13. The van der Waals surface area contributed by atoms with Crippen LogP contribution in [0.2, 0.25) is 0 Å². The number of hydrogen-bond acceptors (Lipinski definition) is 6. The fourth-order valence-electron chi connectivity index (χ4n) is 1.68. The molecule has 0 radical (unpaired) electrons. The maximum absolute atomic E-state index is 11.6. The van der Waals surface area contributed by atoms with Gasteiger partial charge in [-0.1, -0.05) is 6.07 Å². The molecule has 3 amide bonds. The standard InChI is InChI=1S/C13H15N5O3S/c1-7(8-4-3-5-16-6-8)21-11-9(10(14)19)12(22-18-11)17-13(20)15-2/h3-7H,1-2H3,(H2,14,19)(H2,15,17,20). The van der Waals surface area contributed by atoms with Crippen molar-refractivity contribution in [2.24, 2.45) is 5.73 Å².